The van der Waals surface area contributed by atoms with Gasteiger partial charge in [0, 0.05) is 34.6 Å². The third-order valence-corrected chi connectivity index (χ3v) is 5.37. The van der Waals surface area contributed by atoms with Crippen molar-refractivity contribution >= 4 is 0 Å². The first-order valence-electron chi connectivity index (χ1n) is 10.4. The van der Waals surface area contributed by atoms with Crippen molar-refractivity contribution < 1.29 is 19.7 Å². The molecule has 0 aliphatic heterocycles. The predicted octanol–water partition coefficient (Wildman–Crippen LogP) is 5.63. The largest absolute Gasteiger partial charge is 0.504 e. The minimum Gasteiger partial charge on any atom is -0.504 e. The summed E-state index contributed by atoms with van der Waals surface area (Å²) in [5.41, 5.74) is 5.17. The predicted molar refractivity (Wildman–Crippen MR) is 129 cm³/mol. The van der Waals surface area contributed by atoms with Crippen LogP contribution < -0.4 is 9.47 Å². The van der Waals surface area contributed by atoms with E-state index in [2.05, 4.69) is 16.5 Å². The lowest BCUT2D eigenvalue weighted by Gasteiger charge is -2.12. The molecule has 0 unspecified atom stereocenters. The standard InChI is InChI=1S/C27H24N2O4/c1-4-6-17-13-21(27(31)25(14-17)33-3)19-10-12-23(29-16-19)22-11-9-18(15-28-22)20-7-5-8-24(32-2)26(20)30/h4-5,7-16,30-31H,1,6H2,2-3H3. The van der Waals surface area contributed by atoms with E-state index in [1.807, 2.05) is 42.5 Å². The first-order valence-corrected chi connectivity index (χ1v) is 10.4. The summed E-state index contributed by atoms with van der Waals surface area (Å²) in [5.74, 6) is 0.962. The number of pyridine rings is 2. The van der Waals surface area contributed by atoms with Gasteiger partial charge in [-0.2, -0.15) is 0 Å². The molecule has 0 radical (unpaired) electrons. The van der Waals surface area contributed by atoms with Crippen LogP contribution >= 0.6 is 0 Å². The fraction of sp³-hybridized carbons (Fsp3) is 0.111. The molecule has 33 heavy (non-hydrogen) atoms. The summed E-state index contributed by atoms with van der Waals surface area (Å²) in [6.45, 7) is 3.78. The van der Waals surface area contributed by atoms with Crippen molar-refractivity contribution in [2.24, 2.45) is 0 Å². The Balaban J connectivity index is 1.63. The first kappa shape index (κ1) is 21.9. The maximum atomic E-state index is 10.6. The van der Waals surface area contributed by atoms with Crippen LogP contribution in [0.3, 0.4) is 0 Å². The Morgan fingerprint density at radius 2 is 1.39 bits per heavy atom. The third kappa shape index (κ3) is 4.36. The van der Waals surface area contributed by atoms with E-state index in [0.29, 0.717) is 40.4 Å². The first-order chi connectivity index (χ1) is 16.0. The Bertz CT molecular complexity index is 1280. The van der Waals surface area contributed by atoms with E-state index in [1.54, 1.807) is 30.6 Å². The number of ether oxygens (including phenoxy) is 2. The summed E-state index contributed by atoms with van der Waals surface area (Å²) < 4.78 is 10.5. The van der Waals surface area contributed by atoms with Crippen molar-refractivity contribution in [2.45, 2.75) is 6.42 Å². The summed E-state index contributed by atoms with van der Waals surface area (Å²) in [6.07, 6.45) is 5.85. The molecule has 6 nitrogen and oxygen atoms in total. The van der Waals surface area contributed by atoms with Crippen LogP contribution in [-0.4, -0.2) is 34.4 Å². The van der Waals surface area contributed by atoms with Gasteiger partial charge in [0.25, 0.3) is 0 Å². The van der Waals surface area contributed by atoms with Crippen LogP contribution in [0.25, 0.3) is 33.6 Å². The zero-order valence-corrected chi connectivity index (χ0v) is 18.4. The van der Waals surface area contributed by atoms with E-state index in [-0.39, 0.29) is 11.5 Å². The van der Waals surface area contributed by atoms with Gasteiger partial charge < -0.3 is 19.7 Å². The molecule has 0 saturated carbocycles. The molecule has 0 spiro atoms. The van der Waals surface area contributed by atoms with E-state index in [9.17, 15) is 10.2 Å². The number of hydrogen-bond donors (Lipinski definition) is 2. The zero-order valence-electron chi connectivity index (χ0n) is 18.4. The summed E-state index contributed by atoms with van der Waals surface area (Å²) in [7, 11) is 3.04. The lowest BCUT2D eigenvalue weighted by molar-refractivity contribution is 0.374. The van der Waals surface area contributed by atoms with Crippen LogP contribution in [-0.2, 0) is 6.42 Å². The fourth-order valence-corrected chi connectivity index (χ4v) is 3.65. The molecule has 0 fully saturated rings. The molecule has 4 rings (SSSR count). The maximum absolute atomic E-state index is 10.6. The molecule has 166 valence electrons. The van der Waals surface area contributed by atoms with Crippen molar-refractivity contribution in [3.63, 3.8) is 0 Å². The lowest BCUT2D eigenvalue weighted by Crippen LogP contribution is -1.93. The van der Waals surface area contributed by atoms with E-state index in [0.717, 1.165) is 16.7 Å². The van der Waals surface area contributed by atoms with Gasteiger partial charge in [0.05, 0.1) is 25.6 Å². The van der Waals surface area contributed by atoms with E-state index >= 15 is 0 Å². The van der Waals surface area contributed by atoms with Gasteiger partial charge in [-0.3, -0.25) is 9.97 Å². The van der Waals surface area contributed by atoms with Gasteiger partial charge in [-0.05, 0) is 42.3 Å². The van der Waals surface area contributed by atoms with Crippen molar-refractivity contribution in [3.8, 4) is 56.6 Å². The highest BCUT2D eigenvalue weighted by Gasteiger charge is 2.14. The zero-order chi connectivity index (χ0) is 23.4. The highest BCUT2D eigenvalue weighted by atomic mass is 16.5. The average Bonchev–Trinajstić information content (AvgIpc) is 2.85. The van der Waals surface area contributed by atoms with Gasteiger partial charge in [-0.1, -0.05) is 30.3 Å². The van der Waals surface area contributed by atoms with E-state index in [4.69, 9.17) is 9.47 Å². The number of nitrogens with zero attached hydrogens (tertiary/aromatic N) is 2. The van der Waals surface area contributed by atoms with Gasteiger partial charge in [-0.25, -0.2) is 0 Å². The summed E-state index contributed by atoms with van der Waals surface area (Å²) >= 11 is 0. The normalized spacial score (nSPS) is 10.6. The second-order valence-electron chi connectivity index (χ2n) is 7.41. The van der Waals surface area contributed by atoms with E-state index in [1.165, 1.54) is 14.2 Å². The Morgan fingerprint density at radius 1 is 0.788 bits per heavy atom. The van der Waals surface area contributed by atoms with Crippen LogP contribution in [0.2, 0.25) is 0 Å². The Labute approximate surface area is 192 Å². The molecule has 2 N–H and O–H groups in total. The Kier molecular flexibility index (Phi) is 6.26. The highest BCUT2D eigenvalue weighted by Crippen LogP contribution is 2.39. The number of benzene rings is 2. The van der Waals surface area contributed by atoms with Crippen molar-refractivity contribution in [1.29, 1.82) is 0 Å². The molecule has 2 aromatic carbocycles. The number of rotatable bonds is 7. The molecule has 4 aromatic rings. The van der Waals surface area contributed by atoms with Crippen LogP contribution in [0, 0.1) is 0 Å². The van der Waals surface area contributed by atoms with Crippen LogP contribution in [0.4, 0.5) is 0 Å². The number of methoxy groups -OCH3 is 2. The molecular formula is C27H24N2O4. The second-order valence-corrected chi connectivity index (χ2v) is 7.41. The molecular weight excluding hydrogens is 416 g/mol. The van der Waals surface area contributed by atoms with Gasteiger partial charge in [0.2, 0.25) is 0 Å². The van der Waals surface area contributed by atoms with Crippen LogP contribution in [0.1, 0.15) is 5.56 Å². The number of allylic oxidation sites excluding steroid dienone is 1. The van der Waals surface area contributed by atoms with Crippen molar-refractivity contribution in [3.05, 3.63) is 85.2 Å². The van der Waals surface area contributed by atoms with Crippen LogP contribution in [0.15, 0.2) is 79.6 Å². The molecule has 0 saturated heterocycles. The molecule has 0 amide bonds. The smallest absolute Gasteiger partial charge is 0.165 e. The lowest BCUT2D eigenvalue weighted by atomic mass is 10.0. The minimum absolute atomic E-state index is 0.0698. The van der Waals surface area contributed by atoms with E-state index < -0.39 is 0 Å². The van der Waals surface area contributed by atoms with Crippen LogP contribution in [0.5, 0.6) is 23.0 Å². The number of phenolic OH excluding ortho intramolecular Hbond substituents is 2. The molecule has 0 aliphatic carbocycles. The number of aromatic hydroxyl groups is 2. The van der Waals surface area contributed by atoms with Crippen molar-refractivity contribution in [2.75, 3.05) is 14.2 Å². The van der Waals surface area contributed by atoms with Gasteiger partial charge >= 0.3 is 0 Å². The quantitative estimate of drug-likeness (QED) is 0.362. The Morgan fingerprint density at radius 3 is 1.94 bits per heavy atom. The minimum atomic E-state index is 0.0698. The molecule has 0 atom stereocenters. The summed E-state index contributed by atoms with van der Waals surface area (Å²) in [5, 5.41) is 21.0. The molecule has 2 aromatic heterocycles. The molecule has 2 heterocycles. The summed E-state index contributed by atoms with van der Waals surface area (Å²) in [4.78, 5) is 9.05. The number of para-hydroxylation sites is 1. The second kappa shape index (κ2) is 9.44. The monoisotopic (exact) mass is 440 g/mol. The fourth-order valence-electron chi connectivity index (χ4n) is 3.65. The number of phenols is 2. The number of aromatic nitrogens is 2. The maximum Gasteiger partial charge on any atom is 0.165 e. The van der Waals surface area contributed by atoms with Crippen molar-refractivity contribution in [1.82, 2.24) is 9.97 Å². The molecule has 0 aliphatic rings. The van der Waals surface area contributed by atoms with Gasteiger partial charge in [0.15, 0.2) is 23.0 Å². The third-order valence-electron chi connectivity index (χ3n) is 5.37. The van der Waals surface area contributed by atoms with Gasteiger partial charge in [0.1, 0.15) is 0 Å². The number of hydrogen-bond acceptors (Lipinski definition) is 6. The SMILES string of the molecule is C=CCc1cc(OC)c(O)c(-c2ccc(-c3ccc(-c4cccc(OC)c4O)cn3)nc2)c1. The molecule has 6 heteroatoms. The molecule has 0 bridgehead atoms. The topological polar surface area (TPSA) is 84.7 Å². The highest BCUT2D eigenvalue weighted by molar-refractivity contribution is 5.76. The Hall–Kier alpha value is -4.32. The average molecular weight is 440 g/mol. The summed E-state index contributed by atoms with van der Waals surface area (Å²) in [6, 6.07) is 16.5. The van der Waals surface area contributed by atoms with Gasteiger partial charge in [-0.15, -0.1) is 6.58 Å².